The maximum atomic E-state index is 11.0. The molecule has 0 aliphatic rings. The summed E-state index contributed by atoms with van der Waals surface area (Å²) in [5.74, 6) is -0.0202. The summed E-state index contributed by atoms with van der Waals surface area (Å²) in [7, 11) is 1.45. The van der Waals surface area contributed by atoms with E-state index in [2.05, 4.69) is 10.3 Å². The fraction of sp³-hybridized carbons (Fsp3) is 0.333. The van der Waals surface area contributed by atoms with Crippen LogP contribution in [0.15, 0.2) is 4.52 Å². The normalized spacial score (nSPS) is 10.7. The molecule has 0 aromatic carbocycles. The van der Waals surface area contributed by atoms with Gasteiger partial charge < -0.3 is 4.52 Å². The van der Waals surface area contributed by atoms with Gasteiger partial charge in [0.05, 0.1) is 9.85 Å². The van der Waals surface area contributed by atoms with Crippen molar-refractivity contribution in [1.29, 1.82) is 0 Å². The number of rotatable bonds is 3. The van der Waals surface area contributed by atoms with Crippen LogP contribution in [-0.2, 0) is 7.05 Å². The molecule has 2 heterocycles. The fourth-order valence-electron chi connectivity index (χ4n) is 1.87. The molecule has 0 aliphatic heterocycles. The molecule has 2 aromatic rings. The summed E-state index contributed by atoms with van der Waals surface area (Å²) >= 11 is 0. The quantitative estimate of drug-likeness (QED) is 0.608. The van der Waals surface area contributed by atoms with Crippen LogP contribution in [0.4, 0.5) is 11.4 Å². The van der Waals surface area contributed by atoms with Crippen LogP contribution in [0.2, 0.25) is 0 Å². The van der Waals surface area contributed by atoms with Gasteiger partial charge in [0, 0.05) is 14.0 Å². The first-order chi connectivity index (χ1) is 8.84. The summed E-state index contributed by atoms with van der Waals surface area (Å²) in [5.41, 5.74) is -0.814. The summed E-state index contributed by atoms with van der Waals surface area (Å²) in [6, 6.07) is 0. The molecule has 0 unspecified atom stereocenters. The van der Waals surface area contributed by atoms with Gasteiger partial charge in [-0.1, -0.05) is 5.16 Å². The molecule has 0 spiro atoms. The molecule has 0 saturated carbocycles. The molecule has 2 aromatic heterocycles. The Balaban J connectivity index is 2.80. The van der Waals surface area contributed by atoms with Gasteiger partial charge in [-0.25, -0.2) is 0 Å². The van der Waals surface area contributed by atoms with Crippen LogP contribution in [-0.4, -0.2) is 24.8 Å². The van der Waals surface area contributed by atoms with Crippen molar-refractivity contribution in [1.82, 2.24) is 14.9 Å². The van der Waals surface area contributed by atoms with Crippen molar-refractivity contribution in [2.75, 3.05) is 0 Å². The van der Waals surface area contributed by atoms with Crippen molar-refractivity contribution in [3.8, 4) is 11.4 Å². The molecule has 0 saturated heterocycles. The molecule has 0 aliphatic carbocycles. The molecule has 0 amide bonds. The first-order valence-corrected chi connectivity index (χ1v) is 5.13. The number of hydrogen-bond acceptors (Lipinski definition) is 7. The van der Waals surface area contributed by atoms with Gasteiger partial charge in [0.25, 0.3) is 0 Å². The topological polar surface area (TPSA) is 130 Å². The smallest absolute Gasteiger partial charge is 0.341 e. The fourth-order valence-corrected chi connectivity index (χ4v) is 1.87. The second-order valence-electron chi connectivity index (χ2n) is 3.86. The molecule has 0 bridgehead atoms. The lowest BCUT2D eigenvalue weighted by Crippen LogP contribution is -1.99. The van der Waals surface area contributed by atoms with Crippen LogP contribution in [0.25, 0.3) is 11.4 Å². The zero-order chi connectivity index (χ0) is 14.3. The van der Waals surface area contributed by atoms with E-state index in [0.29, 0.717) is 0 Å². The van der Waals surface area contributed by atoms with Crippen molar-refractivity contribution in [3.63, 3.8) is 0 Å². The summed E-state index contributed by atoms with van der Waals surface area (Å²) in [6.07, 6.45) is 0. The van der Waals surface area contributed by atoms with Crippen molar-refractivity contribution >= 4 is 11.4 Å². The highest BCUT2D eigenvalue weighted by molar-refractivity contribution is 5.76. The summed E-state index contributed by atoms with van der Waals surface area (Å²) in [6.45, 7) is 2.81. The predicted octanol–water partition coefficient (Wildman–Crippen LogP) is 1.51. The molecule has 10 nitrogen and oxygen atoms in total. The maximum absolute atomic E-state index is 11.0. The third kappa shape index (κ3) is 1.82. The average molecular weight is 267 g/mol. The number of hydrogen-bond donors (Lipinski definition) is 0. The van der Waals surface area contributed by atoms with Crippen LogP contribution in [0, 0.1) is 34.1 Å². The van der Waals surface area contributed by atoms with E-state index in [9.17, 15) is 20.2 Å². The molecule has 19 heavy (non-hydrogen) atoms. The lowest BCUT2D eigenvalue weighted by molar-refractivity contribution is -0.387. The third-order valence-electron chi connectivity index (χ3n) is 2.61. The summed E-state index contributed by atoms with van der Waals surface area (Å²) in [5, 5.41) is 29.5. The molecule has 0 fully saturated rings. The zero-order valence-corrected chi connectivity index (χ0v) is 10.3. The van der Waals surface area contributed by atoms with Crippen LogP contribution in [0.5, 0.6) is 0 Å². The number of nitrogens with zero attached hydrogens (tertiary/aromatic N) is 5. The van der Waals surface area contributed by atoms with Crippen LogP contribution >= 0.6 is 0 Å². The van der Waals surface area contributed by atoms with Gasteiger partial charge in [-0.3, -0.25) is 24.9 Å². The Morgan fingerprint density at radius 1 is 1.16 bits per heavy atom. The Labute approximate surface area is 105 Å². The van der Waals surface area contributed by atoms with Gasteiger partial charge in [0.2, 0.25) is 11.5 Å². The van der Waals surface area contributed by atoms with Gasteiger partial charge in [0.15, 0.2) is 5.69 Å². The van der Waals surface area contributed by atoms with E-state index < -0.39 is 15.5 Å². The first-order valence-electron chi connectivity index (χ1n) is 5.13. The van der Waals surface area contributed by atoms with E-state index in [-0.39, 0.29) is 28.5 Å². The summed E-state index contributed by atoms with van der Waals surface area (Å²) in [4.78, 5) is 20.7. The Morgan fingerprint density at radius 2 is 1.74 bits per heavy atom. The minimum atomic E-state index is -0.687. The average Bonchev–Trinajstić information content (AvgIpc) is 2.78. The van der Waals surface area contributed by atoms with Crippen molar-refractivity contribution in [2.45, 2.75) is 13.8 Å². The largest absolute Gasteiger partial charge is 0.353 e. The van der Waals surface area contributed by atoms with E-state index in [1.54, 1.807) is 0 Å². The van der Waals surface area contributed by atoms with E-state index in [1.165, 1.54) is 25.6 Å². The lowest BCUT2D eigenvalue weighted by atomic mass is 10.2. The minimum absolute atomic E-state index is 0.0202. The van der Waals surface area contributed by atoms with E-state index >= 15 is 0 Å². The van der Waals surface area contributed by atoms with Crippen molar-refractivity contribution in [3.05, 3.63) is 31.7 Å². The monoisotopic (exact) mass is 267 g/mol. The standard InChI is InChI=1S/C9H9N5O5/c1-4-7(13(15)16)9(12(3)10-4)6-8(14(17)18)5(2)19-11-6/h1-3H3. The highest BCUT2D eigenvalue weighted by Crippen LogP contribution is 2.38. The molecule has 2 rings (SSSR count). The number of aromatic nitrogens is 3. The van der Waals surface area contributed by atoms with Gasteiger partial charge in [-0.2, -0.15) is 5.10 Å². The SMILES string of the molecule is Cc1nn(C)c(-c2noc(C)c2[N+](=O)[O-])c1[N+](=O)[O-]. The predicted molar refractivity (Wildman–Crippen MR) is 61.5 cm³/mol. The second kappa shape index (κ2) is 4.15. The minimum Gasteiger partial charge on any atom is -0.353 e. The second-order valence-corrected chi connectivity index (χ2v) is 3.86. The van der Waals surface area contributed by atoms with Gasteiger partial charge in [-0.05, 0) is 6.92 Å². The Kier molecular flexibility index (Phi) is 2.77. The summed E-state index contributed by atoms with van der Waals surface area (Å²) < 4.78 is 5.93. The lowest BCUT2D eigenvalue weighted by Gasteiger charge is -1.96. The van der Waals surface area contributed by atoms with Crippen molar-refractivity contribution in [2.24, 2.45) is 7.05 Å². The zero-order valence-electron chi connectivity index (χ0n) is 10.3. The molecule has 0 atom stereocenters. The first kappa shape index (κ1) is 12.7. The third-order valence-corrected chi connectivity index (χ3v) is 2.61. The molecule has 100 valence electrons. The van der Waals surface area contributed by atoms with E-state index in [0.717, 1.165) is 0 Å². The molecule has 10 heteroatoms. The van der Waals surface area contributed by atoms with Gasteiger partial charge >= 0.3 is 11.4 Å². The Bertz CT molecular complexity index is 685. The van der Waals surface area contributed by atoms with E-state index in [4.69, 9.17) is 4.52 Å². The highest BCUT2D eigenvalue weighted by atomic mass is 16.6. The van der Waals surface area contributed by atoms with Crippen LogP contribution < -0.4 is 0 Å². The number of aryl methyl sites for hydroxylation is 3. The number of nitro groups is 2. The highest BCUT2D eigenvalue weighted by Gasteiger charge is 2.35. The van der Waals surface area contributed by atoms with Crippen molar-refractivity contribution < 1.29 is 14.4 Å². The van der Waals surface area contributed by atoms with Gasteiger partial charge in [0.1, 0.15) is 5.69 Å². The van der Waals surface area contributed by atoms with E-state index in [1.807, 2.05) is 0 Å². The molecule has 0 radical (unpaired) electrons. The maximum Gasteiger partial charge on any atom is 0.341 e. The van der Waals surface area contributed by atoms with Crippen LogP contribution in [0.1, 0.15) is 11.5 Å². The Morgan fingerprint density at radius 3 is 2.26 bits per heavy atom. The molecular weight excluding hydrogens is 258 g/mol. The van der Waals surface area contributed by atoms with Gasteiger partial charge in [-0.15, -0.1) is 0 Å². The Hall–Kier alpha value is -2.78. The molecule has 0 N–H and O–H groups in total. The van der Waals surface area contributed by atoms with Crippen LogP contribution in [0.3, 0.4) is 0 Å². The molecular formula is C9H9N5O5.